The molecule has 0 radical (unpaired) electrons. The van der Waals surface area contributed by atoms with Gasteiger partial charge in [0.15, 0.2) is 0 Å². The lowest BCUT2D eigenvalue weighted by molar-refractivity contribution is -0.147. The molecule has 0 heterocycles. The third-order valence-corrected chi connectivity index (χ3v) is 6.79. The molecule has 0 amide bonds. The lowest BCUT2D eigenvalue weighted by atomic mass is 10.1. The van der Waals surface area contributed by atoms with Crippen LogP contribution in [-0.2, 0) is 23.1 Å². The monoisotopic (exact) mass is 564 g/mol. The van der Waals surface area contributed by atoms with Crippen molar-refractivity contribution in [3.8, 4) is 0 Å². The molecule has 1 unspecified atom stereocenters. The number of hydrogen-bond donors (Lipinski definition) is 4. The van der Waals surface area contributed by atoms with Crippen LogP contribution >= 0.6 is 7.82 Å². The number of carbonyl (C=O) groups is 1. The average Bonchev–Trinajstić information content (AvgIpc) is 2.90. The van der Waals surface area contributed by atoms with Crippen LogP contribution in [0.25, 0.3) is 0 Å². The van der Waals surface area contributed by atoms with Crippen LogP contribution in [0.2, 0.25) is 0 Å². The summed E-state index contributed by atoms with van der Waals surface area (Å²) in [5.41, 5.74) is 0. The first kappa shape index (κ1) is 36.9. The molecule has 9 nitrogen and oxygen atoms in total. The molecule has 10 heteroatoms. The maximum absolute atomic E-state index is 11.8. The molecule has 0 aliphatic carbocycles. The highest BCUT2D eigenvalue weighted by Crippen LogP contribution is 2.43. The van der Waals surface area contributed by atoms with Gasteiger partial charge in [0.05, 0.1) is 19.8 Å². The van der Waals surface area contributed by atoms with E-state index in [-0.39, 0.29) is 13.0 Å². The molecule has 0 saturated heterocycles. The largest absolute Gasteiger partial charge is 0.472 e. The Labute approximate surface area is 229 Å². The molecule has 3 atom stereocenters. The van der Waals surface area contributed by atoms with Gasteiger partial charge in [-0.2, -0.15) is 0 Å². The number of allylic oxidation sites excluding steroid dienone is 4. The van der Waals surface area contributed by atoms with Gasteiger partial charge in [-0.1, -0.05) is 89.0 Å². The number of esters is 1. The van der Waals surface area contributed by atoms with Crippen molar-refractivity contribution >= 4 is 13.8 Å². The van der Waals surface area contributed by atoms with Crippen LogP contribution in [0.15, 0.2) is 24.3 Å². The minimum absolute atomic E-state index is 0.260. The highest BCUT2D eigenvalue weighted by Gasteiger charge is 2.24. The second-order valence-corrected chi connectivity index (χ2v) is 11.1. The fourth-order valence-electron chi connectivity index (χ4n) is 3.55. The van der Waals surface area contributed by atoms with Gasteiger partial charge in [-0.25, -0.2) is 4.57 Å². The Morgan fingerprint density at radius 3 is 1.79 bits per heavy atom. The van der Waals surface area contributed by atoms with Gasteiger partial charge >= 0.3 is 13.8 Å². The van der Waals surface area contributed by atoms with Crippen LogP contribution in [0.5, 0.6) is 0 Å². The van der Waals surface area contributed by atoms with E-state index in [2.05, 4.69) is 40.3 Å². The molecule has 0 saturated carbocycles. The summed E-state index contributed by atoms with van der Waals surface area (Å²) in [6.07, 6.45) is 24.3. The van der Waals surface area contributed by atoms with Crippen LogP contribution in [0.3, 0.4) is 0 Å². The van der Waals surface area contributed by atoms with Crippen LogP contribution in [-0.4, -0.2) is 64.8 Å². The molecular weight excluding hydrogens is 511 g/mol. The lowest BCUT2D eigenvalue weighted by Crippen LogP contribution is -2.24. The van der Waals surface area contributed by atoms with Crippen molar-refractivity contribution < 1.29 is 43.4 Å². The number of unbranched alkanes of at least 4 members (excludes halogenated alkanes) is 12. The zero-order chi connectivity index (χ0) is 28.3. The first-order valence-electron chi connectivity index (χ1n) is 14.3. The molecule has 224 valence electrons. The summed E-state index contributed by atoms with van der Waals surface area (Å²) in [6.45, 7) is 0.0712. The minimum atomic E-state index is -4.49. The van der Waals surface area contributed by atoms with E-state index >= 15 is 0 Å². The molecule has 0 aliphatic rings. The molecule has 0 aromatic carbocycles. The van der Waals surface area contributed by atoms with Gasteiger partial charge in [0.1, 0.15) is 18.8 Å². The van der Waals surface area contributed by atoms with Crippen LogP contribution in [0, 0.1) is 0 Å². The molecule has 4 N–H and O–H groups in total. The van der Waals surface area contributed by atoms with Gasteiger partial charge in [-0.05, 0) is 38.5 Å². The Kier molecular flexibility index (Phi) is 25.4. The van der Waals surface area contributed by atoms with E-state index in [0.717, 1.165) is 38.5 Å². The van der Waals surface area contributed by atoms with Gasteiger partial charge in [0, 0.05) is 6.42 Å². The van der Waals surface area contributed by atoms with Crippen molar-refractivity contribution in [3.63, 3.8) is 0 Å². The zero-order valence-electron chi connectivity index (χ0n) is 23.4. The summed E-state index contributed by atoms with van der Waals surface area (Å²) in [6, 6.07) is 0. The number of aliphatic hydroxyl groups excluding tert-OH is 3. The summed E-state index contributed by atoms with van der Waals surface area (Å²) in [4.78, 5) is 21.2. The van der Waals surface area contributed by atoms with E-state index in [0.29, 0.717) is 0 Å². The standard InChI is InChI=1S/C28H53O9P/c1-2-3-4-5-6-7-8-9-10-11-12-13-14-15-16-17-18-19-20-21-28(32)35-23-27(31)25-37-38(33,34)36-24-26(30)22-29/h6-7,9-10,26-27,29-31H,2-5,8,11-25H2,1H3,(H,33,34)/b7-6-,10-9-/t26-,27+/m0/s1. The maximum atomic E-state index is 11.8. The molecule has 0 bridgehead atoms. The molecule has 0 spiro atoms. The molecule has 0 aromatic heterocycles. The minimum Gasteiger partial charge on any atom is -0.463 e. The third-order valence-electron chi connectivity index (χ3n) is 5.84. The van der Waals surface area contributed by atoms with E-state index in [1.807, 2.05) is 0 Å². The van der Waals surface area contributed by atoms with Crippen LogP contribution in [0.1, 0.15) is 110 Å². The maximum Gasteiger partial charge on any atom is 0.472 e. The van der Waals surface area contributed by atoms with E-state index in [4.69, 9.17) is 14.9 Å². The SMILES string of the molecule is CCCCC/C=C\C/C=C\CCCCCCCCCCCC(=O)OC[C@@H](O)COP(=O)(O)OC[C@@H](O)CO. The fourth-order valence-corrected chi connectivity index (χ4v) is 4.34. The normalized spacial score (nSPS) is 15.2. The third kappa shape index (κ3) is 26.5. The summed E-state index contributed by atoms with van der Waals surface area (Å²) < 4.78 is 25.6. The first-order valence-corrected chi connectivity index (χ1v) is 15.8. The van der Waals surface area contributed by atoms with E-state index in [9.17, 15) is 19.4 Å². The number of carbonyl (C=O) groups excluding carboxylic acids is 1. The lowest BCUT2D eigenvalue weighted by Gasteiger charge is -2.16. The summed E-state index contributed by atoms with van der Waals surface area (Å²) in [5.74, 6) is -0.435. The Morgan fingerprint density at radius 2 is 1.24 bits per heavy atom. The number of phosphoric acid groups is 1. The van der Waals surface area contributed by atoms with Crippen molar-refractivity contribution in [2.45, 2.75) is 122 Å². The Morgan fingerprint density at radius 1 is 0.737 bits per heavy atom. The van der Waals surface area contributed by atoms with Gasteiger partial charge in [0.2, 0.25) is 0 Å². The summed E-state index contributed by atoms with van der Waals surface area (Å²) in [5, 5.41) is 27.5. The quantitative estimate of drug-likeness (QED) is 0.0424. The van der Waals surface area contributed by atoms with Crippen molar-refractivity contribution in [3.05, 3.63) is 24.3 Å². The Hall–Kier alpha value is -1.06. The Balaban J connectivity index is 3.51. The van der Waals surface area contributed by atoms with Gasteiger partial charge in [-0.15, -0.1) is 0 Å². The predicted octanol–water partition coefficient (Wildman–Crippen LogP) is 5.75. The number of rotatable bonds is 27. The zero-order valence-corrected chi connectivity index (χ0v) is 24.3. The van der Waals surface area contributed by atoms with Gasteiger partial charge in [0.25, 0.3) is 0 Å². The molecule has 0 aliphatic heterocycles. The Bertz CT molecular complexity index is 654. The smallest absolute Gasteiger partial charge is 0.463 e. The number of aliphatic hydroxyl groups is 3. The topological polar surface area (TPSA) is 143 Å². The molecule has 0 aromatic rings. The van der Waals surface area contributed by atoms with Crippen molar-refractivity contribution in [1.29, 1.82) is 0 Å². The average molecular weight is 565 g/mol. The van der Waals surface area contributed by atoms with Crippen molar-refractivity contribution in [2.24, 2.45) is 0 Å². The first-order chi connectivity index (χ1) is 18.3. The second-order valence-electron chi connectivity index (χ2n) is 9.63. The van der Waals surface area contributed by atoms with E-state index in [1.165, 1.54) is 57.8 Å². The predicted molar refractivity (Wildman–Crippen MR) is 150 cm³/mol. The van der Waals surface area contributed by atoms with E-state index < -0.39 is 45.8 Å². The highest BCUT2D eigenvalue weighted by molar-refractivity contribution is 7.47. The van der Waals surface area contributed by atoms with Crippen LogP contribution in [0.4, 0.5) is 0 Å². The van der Waals surface area contributed by atoms with Gasteiger partial charge in [-0.3, -0.25) is 13.8 Å². The second kappa shape index (κ2) is 26.2. The number of ether oxygens (including phenoxy) is 1. The number of hydrogen-bond acceptors (Lipinski definition) is 8. The fraction of sp³-hybridized carbons (Fsp3) is 0.821. The van der Waals surface area contributed by atoms with Crippen LogP contribution < -0.4 is 0 Å². The van der Waals surface area contributed by atoms with Gasteiger partial charge < -0.3 is 24.9 Å². The molecule has 0 rings (SSSR count). The molecular formula is C28H53O9P. The van der Waals surface area contributed by atoms with E-state index in [1.54, 1.807) is 0 Å². The highest BCUT2D eigenvalue weighted by atomic mass is 31.2. The summed E-state index contributed by atoms with van der Waals surface area (Å²) in [7, 11) is -4.49. The molecule has 0 fully saturated rings. The van der Waals surface area contributed by atoms with Crippen molar-refractivity contribution in [2.75, 3.05) is 26.4 Å². The molecule has 38 heavy (non-hydrogen) atoms. The number of phosphoric ester groups is 1. The van der Waals surface area contributed by atoms with Crippen molar-refractivity contribution in [1.82, 2.24) is 0 Å². The summed E-state index contributed by atoms with van der Waals surface area (Å²) >= 11 is 0.